The largest absolute Gasteiger partial charge is 0.378 e. The molecule has 0 spiro atoms. The summed E-state index contributed by atoms with van der Waals surface area (Å²) < 4.78 is 7.95. The summed E-state index contributed by atoms with van der Waals surface area (Å²) in [6.45, 7) is 5.51. The van der Waals surface area contributed by atoms with E-state index in [0.29, 0.717) is 43.0 Å². The number of morpholine rings is 1. The van der Waals surface area contributed by atoms with Gasteiger partial charge in [0.15, 0.2) is 0 Å². The highest BCUT2D eigenvalue weighted by Gasteiger charge is 2.22. The molecule has 1 aliphatic heterocycles. The molecule has 1 fully saturated rings. The normalized spacial score (nSPS) is 13.3. The summed E-state index contributed by atoms with van der Waals surface area (Å²) in [5.41, 5.74) is 1.62. The van der Waals surface area contributed by atoms with E-state index in [1.54, 1.807) is 55.7 Å². The van der Waals surface area contributed by atoms with Gasteiger partial charge in [0, 0.05) is 54.6 Å². The number of benzene rings is 1. The monoisotopic (exact) mass is 426 g/mol. The van der Waals surface area contributed by atoms with Crippen LogP contribution < -0.4 is 0 Å². The maximum atomic E-state index is 12.3. The topological polar surface area (TPSA) is 125 Å². The first-order valence-electron chi connectivity index (χ1n) is 9.51. The highest BCUT2D eigenvalue weighted by molar-refractivity contribution is 5.95. The quantitative estimate of drug-likeness (QED) is 0.454. The van der Waals surface area contributed by atoms with Crippen LogP contribution in [0, 0.1) is 24.0 Å². The maximum Gasteiger partial charge on any atom is 0.338 e. The fraction of sp³-hybridized carbons (Fsp3) is 0.300. The molecule has 1 aliphatic rings. The third kappa shape index (κ3) is 5.20. The SMILES string of the molecule is Cc1cc(C(=O)N2CCOCC2)cc(C)c1[N+](=O)[O-].O=C(n1ccnc1)n1ccnc1. The van der Waals surface area contributed by atoms with Gasteiger partial charge in [-0.1, -0.05) is 0 Å². The van der Waals surface area contributed by atoms with Crippen LogP contribution in [0.5, 0.6) is 0 Å². The van der Waals surface area contributed by atoms with Gasteiger partial charge in [-0.2, -0.15) is 0 Å². The fourth-order valence-corrected chi connectivity index (χ4v) is 3.19. The second-order valence-electron chi connectivity index (χ2n) is 6.84. The van der Waals surface area contributed by atoms with Gasteiger partial charge in [-0.25, -0.2) is 14.8 Å². The van der Waals surface area contributed by atoms with Gasteiger partial charge >= 0.3 is 6.03 Å². The van der Waals surface area contributed by atoms with Crippen LogP contribution in [-0.2, 0) is 4.74 Å². The molecule has 0 atom stereocenters. The Morgan fingerprint density at radius 2 is 1.52 bits per heavy atom. The molecule has 0 aliphatic carbocycles. The van der Waals surface area contributed by atoms with Crippen molar-refractivity contribution in [1.82, 2.24) is 24.0 Å². The molecule has 0 unspecified atom stereocenters. The van der Waals surface area contributed by atoms with Crippen LogP contribution in [0.2, 0.25) is 0 Å². The number of nitro benzene ring substituents is 1. The Bertz CT molecular complexity index is 997. The lowest BCUT2D eigenvalue weighted by Gasteiger charge is -2.27. The van der Waals surface area contributed by atoms with Crippen molar-refractivity contribution < 1.29 is 19.2 Å². The van der Waals surface area contributed by atoms with E-state index in [4.69, 9.17) is 4.74 Å². The average Bonchev–Trinajstić information content (AvgIpc) is 3.47. The van der Waals surface area contributed by atoms with Crippen LogP contribution in [0.15, 0.2) is 49.6 Å². The Morgan fingerprint density at radius 3 is 1.94 bits per heavy atom. The summed E-state index contributed by atoms with van der Waals surface area (Å²) in [6.07, 6.45) is 9.17. The van der Waals surface area contributed by atoms with Crippen molar-refractivity contribution in [3.63, 3.8) is 0 Å². The van der Waals surface area contributed by atoms with E-state index in [9.17, 15) is 19.7 Å². The zero-order valence-electron chi connectivity index (χ0n) is 17.2. The van der Waals surface area contributed by atoms with Gasteiger partial charge in [-0.05, 0) is 26.0 Å². The minimum Gasteiger partial charge on any atom is -0.378 e. The molecule has 4 rings (SSSR count). The van der Waals surface area contributed by atoms with Gasteiger partial charge < -0.3 is 9.64 Å². The molecule has 3 heterocycles. The molecule has 0 saturated carbocycles. The first-order chi connectivity index (χ1) is 14.9. The Morgan fingerprint density at radius 1 is 1.00 bits per heavy atom. The molecule has 162 valence electrons. The number of nitro groups is 1. The molecule has 0 bridgehead atoms. The zero-order valence-corrected chi connectivity index (χ0v) is 17.2. The summed E-state index contributed by atoms with van der Waals surface area (Å²) in [5.74, 6) is -0.0932. The molecule has 0 N–H and O–H groups in total. The van der Waals surface area contributed by atoms with Gasteiger partial charge in [0.2, 0.25) is 0 Å². The van der Waals surface area contributed by atoms with E-state index in [-0.39, 0.29) is 17.6 Å². The minimum atomic E-state index is -0.409. The van der Waals surface area contributed by atoms with E-state index >= 15 is 0 Å². The van der Waals surface area contributed by atoms with Crippen molar-refractivity contribution in [2.45, 2.75) is 13.8 Å². The second kappa shape index (κ2) is 9.76. The van der Waals surface area contributed by atoms with E-state index in [1.807, 2.05) is 0 Å². The first-order valence-corrected chi connectivity index (χ1v) is 9.51. The van der Waals surface area contributed by atoms with Crippen LogP contribution in [0.3, 0.4) is 0 Å². The van der Waals surface area contributed by atoms with Gasteiger partial charge in [-0.3, -0.25) is 24.0 Å². The molecule has 11 nitrogen and oxygen atoms in total. The highest BCUT2D eigenvalue weighted by Crippen LogP contribution is 2.25. The number of hydrogen-bond donors (Lipinski definition) is 0. The molecule has 0 radical (unpaired) electrons. The standard InChI is InChI=1S/C13H16N2O4.C7H6N4O/c1-9-7-11(8-10(2)12(9)15(17)18)13(16)14-3-5-19-6-4-14;12-7(10-3-1-8-5-10)11-4-2-9-6-11/h7-8H,3-6H2,1-2H3;1-6H. The smallest absolute Gasteiger partial charge is 0.338 e. The van der Waals surface area contributed by atoms with Crippen LogP contribution in [0.1, 0.15) is 21.5 Å². The molecule has 31 heavy (non-hydrogen) atoms. The summed E-state index contributed by atoms with van der Waals surface area (Å²) in [5, 5.41) is 10.9. The lowest BCUT2D eigenvalue weighted by molar-refractivity contribution is -0.386. The molecular weight excluding hydrogens is 404 g/mol. The number of amides is 1. The number of hydrogen-bond acceptors (Lipinski definition) is 7. The second-order valence-corrected chi connectivity index (χ2v) is 6.84. The predicted molar refractivity (Wildman–Crippen MR) is 110 cm³/mol. The summed E-state index contributed by atoms with van der Waals surface area (Å²) in [7, 11) is 0. The lowest BCUT2D eigenvalue weighted by Crippen LogP contribution is -2.40. The number of ether oxygens (including phenoxy) is 1. The Hall–Kier alpha value is -3.86. The average molecular weight is 426 g/mol. The number of carbonyl (C=O) groups is 2. The highest BCUT2D eigenvalue weighted by atomic mass is 16.6. The van der Waals surface area contributed by atoms with Crippen molar-refractivity contribution in [2.75, 3.05) is 26.3 Å². The van der Waals surface area contributed by atoms with Crippen LogP contribution in [0.25, 0.3) is 0 Å². The predicted octanol–water partition coefficient (Wildman–Crippen LogP) is 2.28. The lowest BCUT2D eigenvalue weighted by atomic mass is 10.0. The van der Waals surface area contributed by atoms with Crippen molar-refractivity contribution in [3.8, 4) is 0 Å². The summed E-state index contributed by atoms with van der Waals surface area (Å²) in [6, 6.07) is 2.98. The maximum absolute atomic E-state index is 12.3. The third-order valence-corrected chi connectivity index (χ3v) is 4.67. The molecule has 3 aromatic rings. The number of imidazole rings is 2. The van der Waals surface area contributed by atoms with E-state index in [0.717, 1.165) is 0 Å². The molecule has 2 aromatic heterocycles. The zero-order chi connectivity index (χ0) is 22.4. The van der Waals surface area contributed by atoms with Crippen molar-refractivity contribution in [2.24, 2.45) is 0 Å². The Labute approximate surface area is 178 Å². The molecule has 11 heteroatoms. The first kappa shape index (κ1) is 21.8. The van der Waals surface area contributed by atoms with E-state index < -0.39 is 4.92 Å². The van der Waals surface area contributed by atoms with Crippen LogP contribution in [-0.4, -0.2) is 67.2 Å². The minimum absolute atomic E-state index is 0.0820. The van der Waals surface area contributed by atoms with Crippen LogP contribution in [0.4, 0.5) is 10.5 Å². The summed E-state index contributed by atoms with van der Waals surface area (Å²) >= 11 is 0. The fourth-order valence-electron chi connectivity index (χ4n) is 3.19. The summed E-state index contributed by atoms with van der Waals surface area (Å²) in [4.78, 5) is 43.4. The van der Waals surface area contributed by atoms with Gasteiger partial charge in [0.05, 0.1) is 18.1 Å². The molecule has 1 aromatic carbocycles. The molecular formula is C20H22N6O5. The Kier molecular flexibility index (Phi) is 6.88. The van der Waals surface area contributed by atoms with Crippen LogP contribution >= 0.6 is 0 Å². The molecule has 1 saturated heterocycles. The van der Waals surface area contributed by atoms with Crippen molar-refractivity contribution in [3.05, 3.63) is 76.4 Å². The van der Waals surface area contributed by atoms with Crippen molar-refractivity contribution >= 4 is 17.6 Å². The number of carbonyl (C=O) groups excluding carboxylic acids is 2. The third-order valence-electron chi connectivity index (χ3n) is 4.67. The van der Waals surface area contributed by atoms with E-state index in [2.05, 4.69) is 9.97 Å². The van der Waals surface area contributed by atoms with Gasteiger partial charge in [0.25, 0.3) is 11.6 Å². The number of rotatable bonds is 2. The molecule has 1 amide bonds. The van der Waals surface area contributed by atoms with Gasteiger partial charge in [-0.15, -0.1) is 0 Å². The van der Waals surface area contributed by atoms with Gasteiger partial charge in [0.1, 0.15) is 12.7 Å². The number of aryl methyl sites for hydroxylation is 2. The van der Waals surface area contributed by atoms with Crippen molar-refractivity contribution in [1.29, 1.82) is 0 Å². The number of nitrogens with zero attached hydrogens (tertiary/aromatic N) is 6. The Balaban J connectivity index is 0.000000194. The van der Waals surface area contributed by atoms with E-state index in [1.165, 1.54) is 21.8 Å². The number of aromatic nitrogens is 4.